The Kier molecular flexibility index (Phi) is 3.81. The Balaban J connectivity index is 2.02. The number of benzene rings is 2. The van der Waals surface area contributed by atoms with Gasteiger partial charge in [-0.25, -0.2) is 4.39 Å². The summed E-state index contributed by atoms with van der Waals surface area (Å²) >= 11 is 3.14. The third kappa shape index (κ3) is 2.60. The number of anilines is 1. The van der Waals surface area contributed by atoms with Gasteiger partial charge in [0, 0.05) is 12.1 Å². The Bertz CT molecular complexity index is 714. The number of amides is 1. The monoisotopic (exact) mass is 347 g/mol. The van der Waals surface area contributed by atoms with Crippen molar-refractivity contribution in [3.63, 3.8) is 0 Å². The number of nitrogens with zero attached hydrogens (tertiary/aromatic N) is 1. The predicted molar refractivity (Wildman–Crippen MR) is 85.3 cm³/mol. The van der Waals surface area contributed by atoms with Crippen molar-refractivity contribution < 1.29 is 9.18 Å². The third-order valence-corrected chi connectivity index (χ3v) is 4.44. The number of fused-ring (bicyclic) bond motifs is 1. The zero-order valence-corrected chi connectivity index (χ0v) is 13.3. The highest BCUT2D eigenvalue weighted by molar-refractivity contribution is 9.10. The molecule has 0 unspecified atom stereocenters. The van der Waals surface area contributed by atoms with E-state index in [4.69, 9.17) is 0 Å². The average molecular weight is 348 g/mol. The molecule has 21 heavy (non-hydrogen) atoms. The highest BCUT2D eigenvalue weighted by Crippen LogP contribution is 2.32. The fraction of sp³-hybridized carbons (Fsp3) is 0.235. The molecule has 0 bridgehead atoms. The molecule has 0 aromatic heterocycles. The number of rotatable bonds is 1. The summed E-state index contributed by atoms with van der Waals surface area (Å²) in [4.78, 5) is 14.6. The van der Waals surface area contributed by atoms with Crippen molar-refractivity contribution in [2.24, 2.45) is 0 Å². The van der Waals surface area contributed by atoms with Crippen molar-refractivity contribution in [1.29, 1.82) is 0 Å². The molecular weight excluding hydrogens is 333 g/mol. The molecular formula is C17H15BrFNO. The second-order valence-corrected chi connectivity index (χ2v) is 6.13. The van der Waals surface area contributed by atoms with Crippen LogP contribution in [0.15, 0.2) is 40.9 Å². The van der Waals surface area contributed by atoms with Crippen molar-refractivity contribution in [3.05, 3.63) is 63.4 Å². The molecule has 2 aromatic carbocycles. The third-order valence-electron chi connectivity index (χ3n) is 3.83. The van der Waals surface area contributed by atoms with Crippen molar-refractivity contribution in [1.82, 2.24) is 0 Å². The van der Waals surface area contributed by atoms with Gasteiger partial charge in [0.05, 0.1) is 10.2 Å². The molecule has 0 atom stereocenters. The summed E-state index contributed by atoms with van der Waals surface area (Å²) in [5.74, 6) is -0.437. The van der Waals surface area contributed by atoms with Gasteiger partial charge in [-0.2, -0.15) is 0 Å². The van der Waals surface area contributed by atoms with Crippen LogP contribution in [0.2, 0.25) is 0 Å². The van der Waals surface area contributed by atoms with E-state index in [1.54, 1.807) is 6.07 Å². The highest BCUT2D eigenvalue weighted by atomic mass is 79.9. The lowest BCUT2D eigenvalue weighted by Gasteiger charge is -2.31. The summed E-state index contributed by atoms with van der Waals surface area (Å²) in [6.07, 6.45) is 1.94. The molecule has 0 fully saturated rings. The van der Waals surface area contributed by atoms with Crippen molar-refractivity contribution >= 4 is 27.5 Å². The lowest BCUT2D eigenvalue weighted by Crippen LogP contribution is -2.36. The van der Waals surface area contributed by atoms with Crippen LogP contribution in [0.3, 0.4) is 0 Å². The Labute approximate surface area is 131 Å². The number of hydrogen-bond acceptors (Lipinski definition) is 1. The van der Waals surface area contributed by atoms with E-state index in [-0.39, 0.29) is 11.7 Å². The van der Waals surface area contributed by atoms with Crippen LogP contribution in [-0.2, 0) is 6.42 Å². The van der Waals surface area contributed by atoms with Crippen LogP contribution in [0.5, 0.6) is 0 Å². The van der Waals surface area contributed by atoms with Gasteiger partial charge >= 0.3 is 0 Å². The molecule has 0 saturated carbocycles. The van der Waals surface area contributed by atoms with Gasteiger partial charge in [-0.3, -0.25) is 4.79 Å². The van der Waals surface area contributed by atoms with Gasteiger partial charge in [-0.15, -0.1) is 0 Å². The first kappa shape index (κ1) is 14.3. The molecule has 3 rings (SSSR count). The lowest BCUT2D eigenvalue weighted by molar-refractivity contribution is 0.0985. The minimum atomic E-state index is -0.359. The minimum Gasteiger partial charge on any atom is -0.308 e. The molecule has 2 nitrogen and oxygen atoms in total. The van der Waals surface area contributed by atoms with E-state index in [9.17, 15) is 9.18 Å². The number of halogens is 2. The zero-order valence-electron chi connectivity index (χ0n) is 11.7. The molecule has 0 radical (unpaired) electrons. The predicted octanol–water partition coefficient (Wildman–Crippen LogP) is 4.49. The van der Waals surface area contributed by atoms with E-state index in [0.717, 1.165) is 24.1 Å². The topological polar surface area (TPSA) is 20.3 Å². The fourth-order valence-corrected chi connectivity index (χ4v) is 3.21. The minimum absolute atomic E-state index is 0.0778. The van der Waals surface area contributed by atoms with Crippen LogP contribution in [0, 0.1) is 12.7 Å². The van der Waals surface area contributed by atoms with E-state index >= 15 is 0 Å². The Morgan fingerprint density at radius 3 is 2.86 bits per heavy atom. The second kappa shape index (κ2) is 5.60. The first-order valence-corrected chi connectivity index (χ1v) is 7.72. The summed E-state index contributed by atoms with van der Waals surface area (Å²) in [6, 6.07) is 10.5. The number of hydrogen-bond donors (Lipinski definition) is 0. The fourth-order valence-electron chi connectivity index (χ4n) is 2.84. The molecule has 2 aromatic rings. The van der Waals surface area contributed by atoms with E-state index in [0.29, 0.717) is 16.6 Å². The van der Waals surface area contributed by atoms with Gasteiger partial charge in [0.2, 0.25) is 0 Å². The number of para-hydroxylation sites is 1. The second-order valence-electron chi connectivity index (χ2n) is 5.27. The normalized spacial score (nSPS) is 14.0. The van der Waals surface area contributed by atoms with Crippen LogP contribution in [0.4, 0.5) is 10.1 Å². The Morgan fingerprint density at radius 1 is 1.29 bits per heavy atom. The molecule has 108 valence electrons. The maximum absolute atomic E-state index is 13.3. The maximum Gasteiger partial charge on any atom is 0.258 e. The quantitative estimate of drug-likeness (QED) is 0.744. The van der Waals surface area contributed by atoms with Crippen molar-refractivity contribution in [2.75, 3.05) is 11.4 Å². The first-order chi connectivity index (χ1) is 10.1. The van der Waals surface area contributed by atoms with Gasteiger partial charge in [-0.05, 0) is 65.0 Å². The number of carbonyl (C=O) groups is 1. The molecule has 0 saturated heterocycles. The molecule has 0 aliphatic carbocycles. The summed E-state index contributed by atoms with van der Waals surface area (Å²) in [6.45, 7) is 2.72. The molecule has 0 N–H and O–H groups in total. The van der Waals surface area contributed by atoms with Crippen LogP contribution >= 0.6 is 15.9 Å². The van der Waals surface area contributed by atoms with E-state index in [1.165, 1.54) is 17.7 Å². The van der Waals surface area contributed by atoms with Gasteiger partial charge in [-0.1, -0.05) is 18.2 Å². The maximum atomic E-state index is 13.3. The van der Waals surface area contributed by atoms with Gasteiger partial charge in [0.15, 0.2) is 0 Å². The molecule has 1 aliphatic rings. The zero-order chi connectivity index (χ0) is 15.0. The smallest absolute Gasteiger partial charge is 0.258 e. The largest absolute Gasteiger partial charge is 0.308 e. The van der Waals surface area contributed by atoms with Crippen LogP contribution in [-0.4, -0.2) is 12.5 Å². The van der Waals surface area contributed by atoms with E-state index in [2.05, 4.69) is 22.0 Å². The standard InChI is InChI=1S/C17H15BrFNO/c1-11-4-2-5-12-6-3-9-20(16(11)12)17(21)13-7-8-15(19)14(18)10-13/h2,4-5,7-8,10H,3,6,9H2,1H3. The molecule has 1 amide bonds. The SMILES string of the molecule is Cc1cccc2c1N(C(=O)c1ccc(F)c(Br)c1)CCC2. The first-order valence-electron chi connectivity index (χ1n) is 6.93. The Hall–Kier alpha value is -1.68. The number of aryl methyl sites for hydroxylation is 2. The van der Waals surface area contributed by atoms with Crippen LogP contribution in [0.25, 0.3) is 0 Å². The van der Waals surface area contributed by atoms with Gasteiger partial charge < -0.3 is 4.90 Å². The van der Waals surface area contributed by atoms with Gasteiger partial charge in [0.1, 0.15) is 5.82 Å². The summed E-state index contributed by atoms with van der Waals surface area (Å²) in [5.41, 5.74) is 3.81. The summed E-state index contributed by atoms with van der Waals surface area (Å²) in [7, 11) is 0. The van der Waals surface area contributed by atoms with Crippen LogP contribution < -0.4 is 4.90 Å². The molecule has 1 heterocycles. The number of carbonyl (C=O) groups excluding carboxylic acids is 1. The molecule has 1 aliphatic heterocycles. The van der Waals surface area contributed by atoms with E-state index < -0.39 is 0 Å². The Morgan fingerprint density at radius 2 is 2.10 bits per heavy atom. The average Bonchev–Trinajstić information content (AvgIpc) is 2.49. The lowest BCUT2D eigenvalue weighted by atomic mass is 9.97. The highest BCUT2D eigenvalue weighted by Gasteiger charge is 2.25. The summed E-state index contributed by atoms with van der Waals surface area (Å²) in [5, 5.41) is 0. The van der Waals surface area contributed by atoms with Crippen molar-refractivity contribution in [2.45, 2.75) is 19.8 Å². The molecule has 0 spiro atoms. The van der Waals surface area contributed by atoms with Crippen molar-refractivity contribution in [3.8, 4) is 0 Å². The summed E-state index contributed by atoms with van der Waals surface area (Å²) < 4.78 is 13.7. The van der Waals surface area contributed by atoms with Gasteiger partial charge in [0.25, 0.3) is 5.91 Å². The van der Waals surface area contributed by atoms with Crippen LogP contribution in [0.1, 0.15) is 27.9 Å². The molecule has 4 heteroatoms. The van der Waals surface area contributed by atoms with E-state index in [1.807, 2.05) is 24.0 Å².